The van der Waals surface area contributed by atoms with Gasteiger partial charge in [-0.15, -0.1) is 0 Å². The number of hydrogen-bond donors (Lipinski definition) is 0. The second kappa shape index (κ2) is 5.24. The van der Waals surface area contributed by atoms with Crippen LogP contribution in [0.1, 0.15) is 58.8 Å². The van der Waals surface area contributed by atoms with Gasteiger partial charge in [-0.2, -0.15) is 0 Å². The molecule has 0 saturated heterocycles. The summed E-state index contributed by atoms with van der Waals surface area (Å²) >= 11 is 0. The van der Waals surface area contributed by atoms with E-state index in [-0.39, 0.29) is 17.0 Å². The summed E-state index contributed by atoms with van der Waals surface area (Å²) in [5.74, 6) is 1.30. The SMILES string of the molecule is CC(=O)c1cc(OC(C)(C)C)cc(OC(C)(C)C)c1. The smallest absolute Gasteiger partial charge is 0.160 e. The van der Waals surface area contributed by atoms with Gasteiger partial charge in [0.1, 0.15) is 22.7 Å². The summed E-state index contributed by atoms with van der Waals surface area (Å²) in [7, 11) is 0. The number of carbonyl (C=O) groups excluding carboxylic acids is 1. The molecule has 0 fully saturated rings. The van der Waals surface area contributed by atoms with Gasteiger partial charge >= 0.3 is 0 Å². The fourth-order valence-electron chi connectivity index (χ4n) is 1.60. The first kappa shape index (κ1) is 15.5. The van der Waals surface area contributed by atoms with E-state index < -0.39 is 0 Å². The number of carbonyl (C=O) groups is 1. The highest BCUT2D eigenvalue weighted by molar-refractivity contribution is 5.94. The third-order valence-electron chi connectivity index (χ3n) is 2.13. The number of benzene rings is 1. The topological polar surface area (TPSA) is 35.5 Å². The summed E-state index contributed by atoms with van der Waals surface area (Å²) in [6.07, 6.45) is 0. The highest BCUT2D eigenvalue weighted by Crippen LogP contribution is 2.28. The van der Waals surface area contributed by atoms with Crippen LogP contribution in [0.25, 0.3) is 0 Å². The van der Waals surface area contributed by atoms with Crippen LogP contribution in [0, 0.1) is 0 Å². The van der Waals surface area contributed by atoms with Gasteiger partial charge in [-0.05, 0) is 60.6 Å². The van der Waals surface area contributed by atoms with Crippen molar-refractivity contribution in [2.45, 2.75) is 59.7 Å². The van der Waals surface area contributed by atoms with Crippen LogP contribution >= 0.6 is 0 Å². The van der Waals surface area contributed by atoms with Crippen LogP contribution in [-0.4, -0.2) is 17.0 Å². The number of Topliss-reactive ketones (excluding diaryl/α,β-unsaturated/α-hetero) is 1. The first-order valence-electron chi connectivity index (χ1n) is 6.50. The average molecular weight is 264 g/mol. The van der Waals surface area contributed by atoms with Crippen molar-refractivity contribution >= 4 is 5.78 Å². The van der Waals surface area contributed by atoms with Crippen molar-refractivity contribution in [2.24, 2.45) is 0 Å². The lowest BCUT2D eigenvalue weighted by Crippen LogP contribution is -2.24. The molecule has 0 aromatic heterocycles. The molecule has 0 heterocycles. The molecular formula is C16H24O3. The summed E-state index contributed by atoms with van der Waals surface area (Å²) in [4.78, 5) is 11.6. The minimum absolute atomic E-state index is 0.00174. The predicted octanol–water partition coefficient (Wildman–Crippen LogP) is 4.24. The van der Waals surface area contributed by atoms with E-state index in [0.717, 1.165) is 0 Å². The monoisotopic (exact) mass is 264 g/mol. The maximum atomic E-state index is 11.6. The van der Waals surface area contributed by atoms with Crippen LogP contribution in [0.4, 0.5) is 0 Å². The summed E-state index contributed by atoms with van der Waals surface area (Å²) in [5.41, 5.74) is -0.0240. The molecule has 1 aromatic rings. The highest BCUT2D eigenvalue weighted by atomic mass is 16.5. The Balaban J connectivity index is 3.14. The Labute approximate surface area is 115 Å². The maximum absolute atomic E-state index is 11.6. The molecule has 0 N–H and O–H groups in total. The standard InChI is InChI=1S/C16H24O3/c1-11(17)12-8-13(18-15(2,3)4)10-14(9-12)19-16(5,6)7/h8-10H,1-7H3. The van der Waals surface area contributed by atoms with Crippen molar-refractivity contribution in [1.29, 1.82) is 0 Å². The minimum Gasteiger partial charge on any atom is -0.488 e. The predicted molar refractivity (Wildman–Crippen MR) is 77.2 cm³/mol. The Morgan fingerprint density at radius 3 is 1.47 bits per heavy atom. The molecule has 0 atom stereocenters. The Morgan fingerprint density at radius 1 is 0.842 bits per heavy atom. The van der Waals surface area contributed by atoms with Crippen molar-refractivity contribution in [3.63, 3.8) is 0 Å². The lowest BCUT2D eigenvalue weighted by molar-refractivity contribution is 0.100. The van der Waals surface area contributed by atoms with Gasteiger partial charge in [0.15, 0.2) is 5.78 Å². The number of hydrogen-bond acceptors (Lipinski definition) is 3. The molecule has 1 rings (SSSR count). The molecule has 0 radical (unpaired) electrons. The molecule has 106 valence electrons. The highest BCUT2D eigenvalue weighted by Gasteiger charge is 2.17. The second-order valence-corrected chi connectivity index (χ2v) is 6.68. The van der Waals surface area contributed by atoms with Gasteiger partial charge in [-0.3, -0.25) is 4.79 Å². The fourth-order valence-corrected chi connectivity index (χ4v) is 1.60. The van der Waals surface area contributed by atoms with Gasteiger partial charge in [0.25, 0.3) is 0 Å². The van der Waals surface area contributed by atoms with E-state index >= 15 is 0 Å². The number of ether oxygens (including phenoxy) is 2. The zero-order valence-corrected chi connectivity index (χ0v) is 13.0. The van der Waals surface area contributed by atoms with Crippen molar-refractivity contribution < 1.29 is 14.3 Å². The Kier molecular flexibility index (Phi) is 4.28. The quantitative estimate of drug-likeness (QED) is 0.766. The molecule has 0 bridgehead atoms. The van der Waals surface area contributed by atoms with Crippen LogP contribution in [0.5, 0.6) is 11.5 Å². The molecule has 3 heteroatoms. The molecule has 0 saturated carbocycles. The molecule has 0 spiro atoms. The van der Waals surface area contributed by atoms with Gasteiger partial charge in [0, 0.05) is 11.6 Å². The van der Waals surface area contributed by atoms with E-state index in [1.165, 1.54) is 6.92 Å². The molecular weight excluding hydrogens is 240 g/mol. The minimum atomic E-state index is -0.311. The van der Waals surface area contributed by atoms with Gasteiger partial charge in [-0.1, -0.05) is 0 Å². The van der Waals surface area contributed by atoms with E-state index in [1.54, 1.807) is 12.1 Å². The third-order valence-corrected chi connectivity index (χ3v) is 2.13. The van der Waals surface area contributed by atoms with Crippen LogP contribution in [0.3, 0.4) is 0 Å². The van der Waals surface area contributed by atoms with E-state index in [0.29, 0.717) is 17.1 Å². The van der Waals surface area contributed by atoms with Crippen molar-refractivity contribution in [3.8, 4) is 11.5 Å². The van der Waals surface area contributed by atoms with Gasteiger partial charge in [0.05, 0.1) is 0 Å². The molecule has 3 nitrogen and oxygen atoms in total. The van der Waals surface area contributed by atoms with Gasteiger partial charge in [-0.25, -0.2) is 0 Å². The van der Waals surface area contributed by atoms with Crippen molar-refractivity contribution in [2.75, 3.05) is 0 Å². The first-order chi connectivity index (χ1) is 8.46. The molecule has 0 aliphatic heterocycles. The van der Waals surface area contributed by atoms with Crippen LogP contribution in [0.15, 0.2) is 18.2 Å². The molecule has 0 aliphatic carbocycles. The van der Waals surface area contributed by atoms with E-state index in [9.17, 15) is 4.79 Å². The van der Waals surface area contributed by atoms with Gasteiger partial charge in [0.2, 0.25) is 0 Å². The van der Waals surface area contributed by atoms with Crippen LogP contribution < -0.4 is 9.47 Å². The van der Waals surface area contributed by atoms with E-state index in [4.69, 9.17) is 9.47 Å². The summed E-state index contributed by atoms with van der Waals surface area (Å²) in [6.45, 7) is 13.4. The molecule has 19 heavy (non-hydrogen) atoms. The third kappa shape index (κ3) is 5.77. The summed E-state index contributed by atoms with van der Waals surface area (Å²) in [6, 6.07) is 5.33. The maximum Gasteiger partial charge on any atom is 0.160 e. The lowest BCUT2D eigenvalue weighted by atomic mass is 10.1. The Bertz CT molecular complexity index is 428. The average Bonchev–Trinajstić information content (AvgIpc) is 2.10. The van der Waals surface area contributed by atoms with Crippen molar-refractivity contribution in [3.05, 3.63) is 23.8 Å². The summed E-state index contributed by atoms with van der Waals surface area (Å²) < 4.78 is 11.6. The zero-order valence-electron chi connectivity index (χ0n) is 13.0. The molecule has 0 aliphatic rings. The Morgan fingerprint density at radius 2 is 1.21 bits per heavy atom. The summed E-state index contributed by atoms with van der Waals surface area (Å²) in [5, 5.41) is 0. The molecule has 1 aromatic carbocycles. The van der Waals surface area contributed by atoms with Gasteiger partial charge < -0.3 is 9.47 Å². The molecule has 0 unspecified atom stereocenters. The lowest BCUT2D eigenvalue weighted by Gasteiger charge is -2.25. The van der Waals surface area contributed by atoms with Crippen LogP contribution in [0.2, 0.25) is 0 Å². The van der Waals surface area contributed by atoms with Crippen LogP contribution in [-0.2, 0) is 0 Å². The fraction of sp³-hybridized carbons (Fsp3) is 0.562. The van der Waals surface area contributed by atoms with E-state index in [2.05, 4.69) is 0 Å². The number of rotatable bonds is 3. The largest absolute Gasteiger partial charge is 0.488 e. The van der Waals surface area contributed by atoms with Crippen molar-refractivity contribution in [1.82, 2.24) is 0 Å². The first-order valence-corrected chi connectivity index (χ1v) is 6.50. The number of ketones is 1. The van der Waals surface area contributed by atoms with E-state index in [1.807, 2.05) is 47.6 Å². The normalized spacial score (nSPS) is 12.2. The second-order valence-electron chi connectivity index (χ2n) is 6.68. The zero-order chi connectivity index (χ0) is 14.8. The molecule has 0 amide bonds. The Hall–Kier alpha value is -1.51.